The highest BCUT2D eigenvalue weighted by Crippen LogP contribution is 2.37. The fourth-order valence-corrected chi connectivity index (χ4v) is 3.57. The number of benzene rings is 1. The van der Waals surface area contributed by atoms with Gasteiger partial charge in [0.05, 0.1) is 23.7 Å². The first-order valence-corrected chi connectivity index (χ1v) is 9.56. The number of hydrogen-bond acceptors (Lipinski definition) is 6. The molecule has 0 spiro atoms. The smallest absolute Gasteiger partial charge is 0.255 e. The minimum absolute atomic E-state index is 0.303. The summed E-state index contributed by atoms with van der Waals surface area (Å²) in [5, 5.41) is 10.5. The van der Waals surface area contributed by atoms with Crippen LogP contribution in [0, 0.1) is 5.82 Å². The molecule has 31 heavy (non-hydrogen) atoms. The fraction of sp³-hybridized carbons (Fsp3) is 0.0909. The van der Waals surface area contributed by atoms with Crippen molar-refractivity contribution in [2.75, 3.05) is 10.6 Å². The monoisotopic (exact) mass is 416 g/mol. The largest absolute Gasteiger partial charge is 0.461 e. The van der Waals surface area contributed by atoms with E-state index < -0.39 is 17.8 Å². The second kappa shape index (κ2) is 7.52. The number of nitrogens with one attached hydrogen (secondary N) is 2. The van der Waals surface area contributed by atoms with E-state index in [1.807, 2.05) is 0 Å². The van der Waals surface area contributed by atoms with E-state index in [2.05, 4.69) is 25.7 Å². The molecule has 1 atom stereocenters. The molecule has 1 aromatic carbocycles. The number of rotatable bonds is 4. The van der Waals surface area contributed by atoms with Gasteiger partial charge in [-0.3, -0.25) is 9.78 Å². The van der Waals surface area contributed by atoms with E-state index in [-0.39, 0.29) is 0 Å². The number of aromatic nitrogens is 4. The molecule has 0 radical (unpaired) electrons. The molecule has 0 saturated carbocycles. The van der Waals surface area contributed by atoms with Crippen LogP contribution < -0.4 is 10.6 Å². The lowest BCUT2D eigenvalue weighted by Gasteiger charge is -2.28. The molecule has 2 N–H and O–H groups in total. The molecule has 1 amide bonds. The Labute approximate surface area is 176 Å². The topological polar surface area (TPSA) is 97.9 Å². The van der Waals surface area contributed by atoms with Gasteiger partial charge in [-0.1, -0.05) is 18.2 Å². The van der Waals surface area contributed by atoms with Gasteiger partial charge in [-0.05, 0) is 37.3 Å². The van der Waals surface area contributed by atoms with Crippen LogP contribution >= 0.6 is 0 Å². The van der Waals surface area contributed by atoms with Crippen molar-refractivity contribution < 1.29 is 13.6 Å². The number of hydrogen-bond donors (Lipinski definition) is 2. The van der Waals surface area contributed by atoms with Gasteiger partial charge in [-0.15, -0.1) is 5.10 Å². The summed E-state index contributed by atoms with van der Waals surface area (Å²) in [7, 11) is 0. The Hall–Kier alpha value is -4.27. The molecular formula is C22H17FN6O2. The molecule has 1 unspecified atom stereocenters. The Kier molecular flexibility index (Phi) is 4.55. The quantitative estimate of drug-likeness (QED) is 0.522. The summed E-state index contributed by atoms with van der Waals surface area (Å²) in [5.41, 5.74) is 1.69. The van der Waals surface area contributed by atoms with Gasteiger partial charge in [-0.25, -0.2) is 9.07 Å². The molecule has 4 heterocycles. The molecule has 9 heteroatoms. The predicted molar refractivity (Wildman–Crippen MR) is 111 cm³/mol. The lowest BCUT2D eigenvalue weighted by Crippen LogP contribution is -2.32. The van der Waals surface area contributed by atoms with E-state index in [9.17, 15) is 9.18 Å². The molecule has 0 aliphatic carbocycles. The Morgan fingerprint density at radius 1 is 1.19 bits per heavy atom. The third kappa shape index (κ3) is 3.35. The molecule has 4 aromatic rings. The summed E-state index contributed by atoms with van der Waals surface area (Å²) < 4.78 is 21.8. The van der Waals surface area contributed by atoms with E-state index in [4.69, 9.17) is 4.42 Å². The van der Waals surface area contributed by atoms with Crippen molar-refractivity contribution in [2.45, 2.75) is 13.0 Å². The van der Waals surface area contributed by atoms with E-state index in [0.717, 1.165) is 0 Å². The van der Waals surface area contributed by atoms with Crippen molar-refractivity contribution in [1.82, 2.24) is 19.7 Å². The minimum atomic E-state index is -0.828. The van der Waals surface area contributed by atoms with Gasteiger partial charge in [-0.2, -0.15) is 4.98 Å². The van der Waals surface area contributed by atoms with E-state index in [1.54, 1.807) is 55.6 Å². The lowest BCUT2D eigenvalue weighted by atomic mass is 9.94. The minimum Gasteiger partial charge on any atom is -0.461 e. The van der Waals surface area contributed by atoms with Gasteiger partial charge in [0.2, 0.25) is 11.8 Å². The van der Waals surface area contributed by atoms with Gasteiger partial charge < -0.3 is 15.1 Å². The van der Waals surface area contributed by atoms with Gasteiger partial charge in [0.15, 0.2) is 5.76 Å². The molecule has 154 valence electrons. The molecule has 3 aromatic heterocycles. The number of amides is 1. The predicted octanol–water partition coefficient (Wildman–Crippen LogP) is 4.00. The van der Waals surface area contributed by atoms with Crippen LogP contribution in [0.1, 0.15) is 18.5 Å². The van der Waals surface area contributed by atoms with E-state index in [0.29, 0.717) is 40.1 Å². The molecule has 0 bridgehead atoms. The van der Waals surface area contributed by atoms with Crippen molar-refractivity contribution in [2.24, 2.45) is 0 Å². The molecule has 0 fully saturated rings. The van der Waals surface area contributed by atoms with Crippen LogP contribution in [0.15, 0.2) is 82.9 Å². The molecular weight excluding hydrogens is 399 g/mol. The fourth-order valence-electron chi connectivity index (χ4n) is 3.57. The van der Waals surface area contributed by atoms with Crippen LogP contribution in [-0.4, -0.2) is 25.7 Å². The van der Waals surface area contributed by atoms with Crippen molar-refractivity contribution >= 4 is 17.5 Å². The van der Waals surface area contributed by atoms with E-state index >= 15 is 0 Å². The zero-order valence-electron chi connectivity index (χ0n) is 16.4. The molecule has 5 rings (SSSR count). The van der Waals surface area contributed by atoms with Gasteiger partial charge in [0.1, 0.15) is 11.9 Å². The highest BCUT2D eigenvalue weighted by molar-refractivity contribution is 6.05. The number of pyridine rings is 1. The van der Waals surface area contributed by atoms with Gasteiger partial charge in [0.25, 0.3) is 5.91 Å². The van der Waals surface area contributed by atoms with Crippen molar-refractivity contribution in [3.63, 3.8) is 0 Å². The molecule has 1 aliphatic rings. The van der Waals surface area contributed by atoms with Crippen LogP contribution in [0.3, 0.4) is 0 Å². The van der Waals surface area contributed by atoms with Gasteiger partial charge in [0, 0.05) is 17.5 Å². The van der Waals surface area contributed by atoms with Crippen LogP contribution in [0.5, 0.6) is 0 Å². The zero-order chi connectivity index (χ0) is 21.4. The third-order valence-corrected chi connectivity index (χ3v) is 4.96. The lowest BCUT2D eigenvalue weighted by molar-refractivity contribution is -0.113. The number of carbonyl (C=O) groups excluding carboxylic acids is 1. The highest BCUT2D eigenvalue weighted by Gasteiger charge is 2.36. The Morgan fingerprint density at radius 2 is 2.06 bits per heavy atom. The van der Waals surface area contributed by atoms with Crippen molar-refractivity contribution in [3.05, 3.63) is 89.8 Å². The normalized spacial score (nSPS) is 15.4. The molecule has 8 nitrogen and oxygen atoms in total. The Balaban J connectivity index is 1.63. The van der Waals surface area contributed by atoms with Crippen LogP contribution in [0.2, 0.25) is 0 Å². The number of fused-ring (bicyclic) bond motifs is 1. The summed E-state index contributed by atoms with van der Waals surface area (Å²) in [6.07, 6.45) is 4.67. The number of halogens is 1. The standard InChI is InChI=1S/C22H17FN6O2/c1-13-18(21(30)26-14-6-4-10-24-12-14)19(15-7-2-3-8-16(15)23)29-22(25-13)27-20(28-29)17-9-5-11-31-17/h2-12,19H,1H3,(H,26,30)(H,25,27,28). The van der Waals surface area contributed by atoms with Crippen molar-refractivity contribution in [1.29, 1.82) is 0 Å². The maximum atomic E-state index is 14.9. The maximum Gasteiger partial charge on any atom is 0.255 e. The summed E-state index contributed by atoms with van der Waals surface area (Å²) in [6, 6.07) is 12.4. The van der Waals surface area contributed by atoms with Crippen LogP contribution in [-0.2, 0) is 4.79 Å². The van der Waals surface area contributed by atoms with E-state index in [1.165, 1.54) is 23.2 Å². The number of furan rings is 1. The summed E-state index contributed by atoms with van der Waals surface area (Å²) >= 11 is 0. The number of carbonyl (C=O) groups is 1. The molecule has 1 aliphatic heterocycles. The van der Waals surface area contributed by atoms with Crippen LogP contribution in [0.4, 0.5) is 16.0 Å². The number of anilines is 2. The summed E-state index contributed by atoms with van der Waals surface area (Å²) in [4.78, 5) is 21.8. The SMILES string of the molecule is CC1=C(C(=O)Nc2cccnc2)C(c2ccccc2F)n2nc(-c3ccco3)nc2N1. The zero-order valence-corrected chi connectivity index (χ0v) is 16.4. The average molecular weight is 416 g/mol. The van der Waals surface area contributed by atoms with Crippen molar-refractivity contribution in [3.8, 4) is 11.6 Å². The first-order valence-electron chi connectivity index (χ1n) is 9.56. The maximum absolute atomic E-state index is 14.9. The Morgan fingerprint density at radius 3 is 2.81 bits per heavy atom. The summed E-state index contributed by atoms with van der Waals surface area (Å²) in [6.45, 7) is 1.75. The highest BCUT2D eigenvalue weighted by atomic mass is 19.1. The van der Waals surface area contributed by atoms with Crippen LogP contribution in [0.25, 0.3) is 11.6 Å². The van der Waals surface area contributed by atoms with Gasteiger partial charge >= 0.3 is 0 Å². The first kappa shape index (κ1) is 18.7. The second-order valence-electron chi connectivity index (χ2n) is 6.96. The summed E-state index contributed by atoms with van der Waals surface area (Å²) in [5.74, 6) is 0.336. The first-order chi connectivity index (χ1) is 15.1. The third-order valence-electron chi connectivity index (χ3n) is 4.96. The second-order valence-corrected chi connectivity index (χ2v) is 6.96. The average Bonchev–Trinajstić information content (AvgIpc) is 3.43. The number of allylic oxidation sites excluding steroid dienone is 1. The number of nitrogens with zero attached hydrogens (tertiary/aromatic N) is 4. The Bertz CT molecular complexity index is 1280. The molecule has 0 saturated heterocycles.